The van der Waals surface area contributed by atoms with Gasteiger partial charge >= 0.3 is 0 Å². The zero-order valence-electron chi connectivity index (χ0n) is 14.4. The summed E-state index contributed by atoms with van der Waals surface area (Å²) in [7, 11) is 0. The van der Waals surface area contributed by atoms with Gasteiger partial charge in [-0.15, -0.1) is 0 Å². The van der Waals surface area contributed by atoms with Crippen LogP contribution in [0.15, 0.2) is 53.2 Å². The third kappa shape index (κ3) is 2.83. The lowest BCUT2D eigenvalue weighted by Crippen LogP contribution is -2.14. The van der Waals surface area contributed by atoms with Gasteiger partial charge in [-0.25, -0.2) is 9.67 Å². The maximum absolute atomic E-state index is 12.8. The Morgan fingerprint density at radius 2 is 1.96 bits per heavy atom. The second kappa shape index (κ2) is 6.44. The monoisotopic (exact) mass is 347 g/mol. The molecular weight excluding hydrogens is 330 g/mol. The Morgan fingerprint density at radius 3 is 2.69 bits per heavy atom. The van der Waals surface area contributed by atoms with Crippen molar-refractivity contribution in [3.8, 4) is 0 Å². The highest BCUT2D eigenvalue weighted by Gasteiger charge is 2.20. The highest BCUT2D eigenvalue weighted by Crippen LogP contribution is 2.21. The Balaban J connectivity index is 1.71. The van der Waals surface area contributed by atoms with Gasteiger partial charge in [-0.2, -0.15) is 5.10 Å². The van der Waals surface area contributed by atoms with E-state index >= 15 is 0 Å². The van der Waals surface area contributed by atoms with E-state index in [1.54, 1.807) is 16.9 Å². The molecule has 0 aliphatic heterocycles. The molecule has 26 heavy (non-hydrogen) atoms. The van der Waals surface area contributed by atoms with Crippen LogP contribution in [0.5, 0.6) is 0 Å². The van der Waals surface area contributed by atoms with Gasteiger partial charge < -0.3 is 4.52 Å². The van der Waals surface area contributed by atoms with Gasteiger partial charge in [-0.05, 0) is 31.5 Å². The van der Waals surface area contributed by atoms with Crippen LogP contribution in [-0.4, -0.2) is 25.8 Å². The first kappa shape index (κ1) is 16.0. The van der Waals surface area contributed by atoms with E-state index in [0.29, 0.717) is 29.2 Å². The second-order valence-corrected chi connectivity index (χ2v) is 6.04. The number of anilines is 1. The highest BCUT2D eigenvalue weighted by molar-refractivity contribution is 6.10. The van der Waals surface area contributed by atoms with Crippen molar-refractivity contribution in [3.63, 3.8) is 0 Å². The summed E-state index contributed by atoms with van der Waals surface area (Å²) in [5, 5.41) is 11.8. The van der Waals surface area contributed by atoms with E-state index in [1.807, 2.05) is 50.2 Å². The van der Waals surface area contributed by atoms with Gasteiger partial charge in [0.25, 0.3) is 5.91 Å². The fourth-order valence-electron chi connectivity index (χ4n) is 2.74. The normalized spacial score (nSPS) is 11.0. The molecule has 0 saturated heterocycles. The number of hydrogen-bond donors (Lipinski definition) is 1. The molecular formula is C19H17N5O2. The van der Waals surface area contributed by atoms with Crippen molar-refractivity contribution in [1.29, 1.82) is 0 Å². The summed E-state index contributed by atoms with van der Waals surface area (Å²) in [6.07, 6.45) is 1.69. The number of aryl methyl sites for hydroxylation is 1. The average molecular weight is 347 g/mol. The molecule has 0 aliphatic carbocycles. The Bertz CT molecular complexity index is 1080. The minimum atomic E-state index is -0.353. The summed E-state index contributed by atoms with van der Waals surface area (Å²) in [6.45, 7) is 4.19. The minimum Gasteiger partial charge on any atom is -0.338 e. The van der Waals surface area contributed by atoms with Crippen LogP contribution >= 0.6 is 0 Å². The van der Waals surface area contributed by atoms with Gasteiger partial charge in [0.2, 0.25) is 5.88 Å². The number of nitrogens with one attached hydrogen (secondary N) is 1. The molecule has 0 spiro atoms. The van der Waals surface area contributed by atoms with Crippen LogP contribution in [0.2, 0.25) is 0 Å². The van der Waals surface area contributed by atoms with Crippen molar-refractivity contribution in [2.45, 2.75) is 20.4 Å². The Hall–Kier alpha value is -3.48. The van der Waals surface area contributed by atoms with E-state index in [2.05, 4.69) is 20.6 Å². The van der Waals surface area contributed by atoms with Gasteiger partial charge in [0, 0.05) is 11.8 Å². The lowest BCUT2D eigenvalue weighted by Gasteiger charge is -2.02. The van der Waals surface area contributed by atoms with Gasteiger partial charge in [0.05, 0.1) is 17.6 Å². The molecule has 0 atom stereocenters. The fourth-order valence-corrected chi connectivity index (χ4v) is 2.74. The molecule has 0 aliphatic rings. The third-order valence-electron chi connectivity index (χ3n) is 4.28. The number of hydrogen-bond acceptors (Lipinski definition) is 5. The molecule has 4 rings (SSSR count). The van der Waals surface area contributed by atoms with Crippen LogP contribution in [0.1, 0.15) is 27.3 Å². The zero-order chi connectivity index (χ0) is 18.1. The van der Waals surface area contributed by atoms with E-state index in [-0.39, 0.29) is 5.91 Å². The smallest absolute Gasteiger partial charge is 0.279 e. The standard InChI is InChI=1S/C19H17N5O2/c1-12-13(2)23-26-19(12)21-18(25)16-15-9-6-10-20-17(15)24(22-16)11-14-7-4-3-5-8-14/h3-10H,11H2,1-2H3,(H,21,25). The summed E-state index contributed by atoms with van der Waals surface area (Å²) in [5.74, 6) is -0.0174. The molecule has 7 nitrogen and oxygen atoms in total. The number of aromatic nitrogens is 4. The molecule has 0 unspecified atom stereocenters. The Kier molecular flexibility index (Phi) is 3.96. The van der Waals surface area contributed by atoms with Gasteiger partial charge in [0.15, 0.2) is 11.3 Å². The number of amides is 1. The molecule has 0 radical (unpaired) electrons. The molecule has 0 fully saturated rings. The summed E-state index contributed by atoms with van der Waals surface area (Å²) in [4.78, 5) is 17.1. The topological polar surface area (TPSA) is 85.8 Å². The molecule has 0 saturated carbocycles. The van der Waals surface area contributed by atoms with Crippen LogP contribution in [0, 0.1) is 13.8 Å². The average Bonchev–Trinajstić information content (AvgIpc) is 3.18. The number of fused-ring (bicyclic) bond motifs is 1. The van der Waals surface area contributed by atoms with E-state index in [4.69, 9.17) is 4.52 Å². The highest BCUT2D eigenvalue weighted by atomic mass is 16.5. The predicted molar refractivity (Wildman–Crippen MR) is 97.0 cm³/mol. The first-order valence-corrected chi connectivity index (χ1v) is 8.23. The van der Waals surface area contributed by atoms with Crippen molar-refractivity contribution in [3.05, 3.63) is 71.2 Å². The van der Waals surface area contributed by atoms with Crippen LogP contribution in [0.3, 0.4) is 0 Å². The summed E-state index contributed by atoms with van der Waals surface area (Å²) < 4.78 is 6.90. The van der Waals surface area contributed by atoms with Gasteiger partial charge in [-0.1, -0.05) is 35.5 Å². The first-order valence-electron chi connectivity index (χ1n) is 8.23. The number of rotatable bonds is 4. The predicted octanol–water partition coefficient (Wildman–Crippen LogP) is 3.34. The fraction of sp³-hybridized carbons (Fsp3) is 0.158. The largest absolute Gasteiger partial charge is 0.338 e. The number of pyridine rings is 1. The molecule has 7 heteroatoms. The SMILES string of the molecule is Cc1noc(NC(=O)c2nn(Cc3ccccc3)c3ncccc23)c1C. The summed E-state index contributed by atoms with van der Waals surface area (Å²) in [6, 6.07) is 13.5. The third-order valence-corrected chi connectivity index (χ3v) is 4.28. The first-order chi connectivity index (χ1) is 12.6. The van der Waals surface area contributed by atoms with Crippen molar-refractivity contribution >= 4 is 22.8 Å². The number of benzene rings is 1. The maximum atomic E-state index is 12.8. The second-order valence-electron chi connectivity index (χ2n) is 6.04. The van der Waals surface area contributed by atoms with Crippen molar-refractivity contribution in [1.82, 2.24) is 19.9 Å². The van der Waals surface area contributed by atoms with Crippen LogP contribution in [0.4, 0.5) is 5.88 Å². The molecule has 3 aromatic heterocycles. The summed E-state index contributed by atoms with van der Waals surface area (Å²) in [5.41, 5.74) is 3.58. The lowest BCUT2D eigenvalue weighted by atomic mass is 10.2. The number of carbonyl (C=O) groups is 1. The van der Waals surface area contributed by atoms with Crippen molar-refractivity contribution in [2.75, 3.05) is 5.32 Å². The molecule has 1 N–H and O–H groups in total. The van der Waals surface area contributed by atoms with E-state index in [9.17, 15) is 4.79 Å². The van der Waals surface area contributed by atoms with Gasteiger partial charge in [-0.3, -0.25) is 10.1 Å². The number of nitrogens with zero attached hydrogens (tertiary/aromatic N) is 4. The molecule has 4 aromatic rings. The molecule has 1 amide bonds. The van der Waals surface area contributed by atoms with Gasteiger partial charge in [0.1, 0.15) is 0 Å². The Labute approximate surface area is 149 Å². The van der Waals surface area contributed by atoms with Crippen molar-refractivity contribution < 1.29 is 9.32 Å². The molecule has 130 valence electrons. The van der Waals surface area contributed by atoms with E-state index in [0.717, 1.165) is 16.8 Å². The molecule has 3 heterocycles. The number of carbonyl (C=O) groups excluding carboxylic acids is 1. The van der Waals surface area contributed by atoms with Crippen LogP contribution in [0.25, 0.3) is 11.0 Å². The maximum Gasteiger partial charge on any atom is 0.279 e. The lowest BCUT2D eigenvalue weighted by molar-refractivity contribution is 0.101. The molecule has 1 aromatic carbocycles. The molecule has 0 bridgehead atoms. The van der Waals surface area contributed by atoms with E-state index < -0.39 is 0 Å². The Morgan fingerprint density at radius 1 is 1.15 bits per heavy atom. The van der Waals surface area contributed by atoms with E-state index in [1.165, 1.54) is 0 Å². The minimum absolute atomic E-state index is 0.303. The zero-order valence-corrected chi connectivity index (χ0v) is 14.4. The van der Waals surface area contributed by atoms with Crippen LogP contribution in [-0.2, 0) is 6.54 Å². The van der Waals surface area contributed by atoms with Crippen molar-refractivity contribution in [2.24, 2.45) is 0 Å². The summed E-state index contributed by atoms with van der Waals surface area (Å²) >= 11 is 0. The van der Waals surface area contributed by atoms with Crippen LogP contribution < -0.4 is 5.32 Å². The quantitative estimate of drug-likeness (QED) is 0.612.